The van der Waals surface area contributed by atoms with Gasteiger partial charge >= 0.3 is 0 Å². The number of methoxy groups -OCH3 is 2. The average molecular weight is 457 g/mol. The van der Waals surface area contributed by atoms with Gasteiger partial charge in [-0.1, -0.05) is 77.1 Å². The molecular formula is C30H36N2O2. The SMILES string of the molecule is CC.COc1cc(-c2cc3ccccc3nc2CN)cc(-c2ccc(C(C)(C)C)cc2)c1OC. The first kappa shape index (κ1) is 25.3. The third-order valence-corrected chi connectivity index (χ3v) is 5.85. The number of fused-ring (bicyclic) bond motifs is 1. The summed E-state index contributed by atoms with van der Waals surface area (Å²) in [4.78, 5) is 4.81. The molecule has 4 aromatic rings. The first-order valence-electron chi connectivity index (χ1n) is 11.8. The van der Waals surface area contributed by atoms with Crippen molar-refractivity contribution in [3.63, 3.8) is 0 Å². The predicted molar refractivity (Wildman–Crippen MR) is 144 cm³/mol. The largest absolute Gasteiger partial charge is 0.493 e. The summed E-state index contributed by atoms with van der Waals surface area (Å²) in [5.74, 6) is 1.39. The van der Waals surface area contributed by atoms with E-state index in [2.05, 4.69) is 63.2 Å². The van der Waals surface area contributed by atoms with Crippen LogP contribution in [0.5, 0.6) is 11.5 Å². The van der Waals surface area contributed by atoms with Crippen LogP contribution >= 0.6 is 0 Å². The van der Waals surface area contributed by atoms with Crippen LogP contribution < -0.4 is 15.2 Å². The highest BCUT2D eigenvalue weighted by atomic mass is 16.5. The van der Waals surface area contributed by atoms with E-state index in [1.54, 1.807) is 14.2 Å². The van der Waals surface area contributed by atoms with Gasteiger partial charge in [0.25, 0.3) is 0 Å². The zero-order valence-electron chi connectivity index (χ0n) is 21.4. The summed E-state index contributed by atoms with van der Waals surface area (Å²) in [7, 11) is 3.34. The fourth-order valence-corrected chi connectivity index (χ4v) is 4.05. The molecule has 1 heterocycles. The van der Waals surface area contributed by atoms with Crippen molar-refractivity contribution in [2.24, 2.45) is 5.73 Å². The maximum absolute atomic E-state index is 6.09. The Balaban J connectivity index is 0.00000158. The average Bonchev–Trinajstić information content (AvgIpc) is 2.87. The van der Waals surface area contributed by atoms with Crippen LogP contribution in [0.15, 0.2) is 66.7 Å². The quantitative estimate of drug-likeness (QED) is 0.341. The van der Waals surface area contributed by atoms with Crippen molar-refractivity contribution < 1.29 is 9.47 Å². The van der Waals surface area contributed by atoms with Gasteiger partial charge < -0.3 is 15.2 Å². The molecular weight excluding hydrogens is 420 g/mol. The molecule has 178 valence electrons. The lowest BCUT2D eigenvalue weighted by Crippen LogP contribution is -2.10. The van der Waals surface area contributed by atoms with E-state index in [0.717, 1.165) is 38.9 Å². The van der Waals surface area contributed by atoms with Crippen LogP contribution in [0.1, 0.15) is 45.9 Å². The second-order valence-electron chi connectivity index (χ2n) is 8.97. The van der Waals surface area contributed by atoms with Gasteiger partial charge in [-0.25, -0.2) is 0 Å². The predicted octanol–water partition coefficient (Wildman–Crippen LogP) is 7.37. The Morgan fingerprint density at radius 3 is 2.06 bits per heavy atom. The van der Waals surface area contributed by atoms with Gasteiger partial charge in [0.2, 0.25) is 0 Å². The molecule has 0 spiro atoms. The van der Waals surface area contributed by atoms with Crippen LogP contribution in [0.25, 0.3) is 33.2 Å². The molecule has 4 rings (SSSR count). The van der Waals surface area contributed by atoms with Crippen molar-refractivity contribution in [1.29, 1.82) is 0 Å². The van der Waals surface area contributed by atoms with Crippen LogP contribution in [0, 0.1) is 0 Å². The molecule has 0 aliphatic heterocycles. The molecule has 3 aromatic carbocycles. The number of nitrogens with zero attached hydrogens (tertiary/aromatic N) is 1. The number of nitrogens with two attached hydrogens (primary N) is 1. The van der Waals surface area contributed by atoms with Crippen molar-refractivity contribution in [3.8, 4) is 33.8 Å². The molecule has 0 aliphatic carbocycles. The van der Waals surface area contributed by atoms with Crippen molar-refractivity contribution >= 4 is 10.9 Å². The van der Waals surface area contributed by atoms with Crippen molar-refractivity contribution in [2.75, 3.05) is 14.2 Å². The first-order chi connectivity index (χ1) is 16.4. The van der Waals surface area contributed by atoms with Crippen LogP contribution in [0.2, 0.25) is 0 Å². The van der Waals surface area contributed by atoms with E-state index in [1.807, 2.05) is 38.1 Å². The van der Waals surface area contributed by atoms with Gasteiger partial charge in [-0.15, -0.1) is 0 Å². The summed E-state index contributed by atoms with van der Waals surface area (Å²) in [5.41, 5.74) is 13.3. The standard InChI is InChI=1S/C28H30N2O2.C2H6/c1-28(2,3)21-12-10-18(11-13-21)23-15-20(16-26(31-4)27(23)32-5)22-14-19-8-6-7-9-24(19)30-25(22)17-29;1-2/h6-16H,17,29H2,1-5H3;1-2H3. The Morgan fingerprint density at radius 2 is 1.47 bits per heavy atom. The molecule has 2 N–H and O–H groups in total. The zero-order chi connectivity index (χ0) is 24.9. The van der Waals surface area contributed by atoms with Crippen LogP contribution in [0.4, 0.5) is 0 Å². The van der Waals surface area contributed by atoms with Gasteiger partial charge in [-0.3, -0.25) is 4.98 Å². The van der Waals surface area contributed by atoms with E-state index in [4.69, 9.17) is 20.2 Å². The summed E-state index contributed by atoms with van der Waals surface area (Å²) >= 11 is 0. The van der Waals surface area contributed by atoms with Crippen molar-refractivity contribution in [3.05, 3.63) is 78.0 Å². The Labute approximate surface area is 203 Å². The molecule has 4 heteroatoms. The van der Waals surface area contributed by atoms with Gasteiger partial charge in [0.15, 0.2) is 11.5 Å². The number of hydrogen-bond acceptors (Lipinski definition) is 4. The maximum atomic E-state index is 6.09. The minimum absolute atomic E-state index is 0.0922. The second-order valence-corrected chi connectivity index (χ2v) is 8.97. The molecule has 0 unspecified atom stereocenters. The summed E-state index contributed by atoms with van der Waals surface area (Å²) in [5, 5.41) is 1.07. The Morgan fingerprint density at radius 1 is 0.794 bits per heavy atom. The van der Waals surface area contributed by atoms with E-state index < -0.39 is 0 Å². The Hall–Kier alpha value is -3.37. The second kappa shape index (κ2) is 10.7. The van der Waals surface area contributed by atoms with Gasteiger partial charge in [-0.2, -0.15) is 0 Å². The van der Waals surface area contributed by atoms with Gasteiger partial charge in [0, 0.05) is 23.1 Å². The number of ether oxygens (including phenoxy) is 2. The van der Waals surface area contributed by atoms with Crippen molar-refractivity contribution in [1.82, 2.24) is 4.98 Å². The molecule has 4 nitrogen and oxygen atoms in total. The summed E-state index contributed by atoms with van der Waals surface area (Å²) in [6, 6.07) is 23.0. The fourth-order valence-electron chi connectivity index (χ4n) is 4.05. The maximum Gasteiger partial charge on any atom is 0.168 e. The Kier molecular flexibility index (Phi) is 7.95. The normalized spacial score (nSPS) is 11.1. The highest BCUT2D eigenvalue weighted by molar-refractivity contribution is 5.88. The number of rotatable bonds is 5. The van der Waals surface area contributed by atoms with Crippen molar-refractivity contribution in [2.45, 2.75) is 46.6 Å². The van der Waals surface area contributed by atoms with E-state index in [1.165, 1.54) is 5.56 Å². The molecule has 0 bridgehead atoms. The molecule has 0 aliphatic rings. The zero-order valence-corrected chi connectivity index (χ0v) is 21.4. The van der Waals surface area contributed by atoms with E-state index in [9.17, 15) is 0 Å². The monoisotopic (exact) mass is 456 g/mol. The molecule has 0 radical (unpaired) electrons. The highest BCUT2D eigenvalue weighted by Gasteiger charge is 2.19. The topological polar surface area (TPSA) is 57.4 Å². The smallest absolute Gasteiger partial charge is 0.168 e. The lowest BCUT2D eigenvalue weighted by atomic mass is 9.86. The van der Waals surface area contributed by atoms with Gasteiger partial charge in [0.05, 0.1) is 25.4 Å². The number of aromatic nitrogens is 1. The highest BCUT2D eigenvalue weighted by Crippen LogP contribution is 2.43. The minimum atomic E-state index is 0.0922. The number of para-hydroxylation sites is 1. The first-order valence-corrected chi connectivity index (χ1v) is 11.8. The molecule has 0 amide bonds. The third kappa shape index (κ3) is 5.07. The number of benzene rings is 3. The van der Waals surface area contributed by atoms with E-state index in [-0.39, 0.29) is 5.41 Å². The van der Waals surface area contributed by atoms with Crippen LogP contribution in [-0.4, -0.2) is 19.2 Å². The molecule has 0 saturated heterocycles. The summed E-state index contributed by atoms with van der Waals surface area (Å²) < 4.78 is 11.5. The number of pyridine rings is 1. The summed E-state index contributed by atoms with van der Waals surface area (Å²) in [6.07, 6.45) is 0. The molecule has 1 aromatic heterocycles. The van der Waals surface area contributed by atoms with Crippen LogP contribution in [0.3, 0.4) is 0 Å². The van der Waals surface area contributed by atoms with Crippen LogP contribution in [-0.2, 0) is 12.0 Å². The third-order valence-electron chi connectivity index (χ3n) is 5.85. The molecule has 34 heavy (non-hydrogen) atoms. The van der Waals surface area contributed by atoms with E-state index in [0.29, 0.717) is 18.0 Å². The van der Waals surface area contributed by atoms with Gasteiger partial charge in [-0.05, 0) is 46.4 Å². The van der Waals surface area contributed by atoms with Gasteiger partial charge in [0.1, 0.15) is 0 Å². The van der Waals surface area contributed by atoms with E-state index >= 15 is 0 Å². The minimum Gasteiger partial charge on any atom is -0.493 e. The molecule has 0 atom stereocenters. The lowest BCUT2D eigenvalue weighted by Gasteiger charge is -2.20. The Bertz CT molecular complexity index is 1260. The molecule has 0 fully saturated rings. The molecule has 0 saturated carbocycles. The number of hydrogen-bond donors (Lipinski definition) is 1. The lowest BCUT2D eigenvalue weighted by molar-refractivity contribution is 0.356. The fraction of sp³-hybridized carbons (Fsp3) is 0.300. The summed E-state index contributed by atoms with van der Waals surface area (Å²) in [6.45, 7) is 11.0.